The van der Waals surface area contributed by atoms with E-state index in [1.807, 2.05) is 11.1 Å². The lowest BCUT2D eigenvalue weighted by Crippen LogP contribution is -2.45. The van der Waals surface area contributed by atoms with Crippen LogP contribution in [0.1, 0.15) is 80.7 Å². The predicted molar refractivity (Wildman–Crippen MR) is 126 cm³/mol. The van der Waals surface area contributed by atoms with Crippen LogP contribution < -0.4 is 10.2 Å². The van der Waals surface area contributed by atoms with E-state index in [-0.39, 0.29) is 0 Å². The van der Waals surface area contributed by atoms with Crippen LogP contribution in [0.25, 0.3) is 0 Å². The SMILES string of the molecule is O=CN1CCCC(C2CCCN2c2nc3c(c(Nc4ncc(C5CCCC5)o4)n2)CCC3)C1. The van der Waals surface area contributed by atoms with Crippen LogP contribution in [0.5, 0.6) is 0 Å². The fourth-order valence-corrected chi connectivity index (χ4v) is 6.48. The van der Waals surface area contributed by atoms with E-state index in [9.17, 15) is 4.79 Å². The molecule has 4 aliphatic rings. The molecule has 2 aliphatic heterocycles. The minimum Gasteiger partial charge on any atom is -0.428 e. The third-order valence-corrected chi connectivity index (χ3v) is 8.17. The molecule has 8 nitrogen and oxygen atoms in total. The van der Waals surface area contributed by atoms with Gasteiger partial charge < -0.3 is 14.2 Å². The van der Waals surface area contributed by atoms with Gasteiger partial charge in [0, 0.05) is 37.2 Å². The number of piperidine rings is 1. The van der Waals surface area contributed by atoms with Crippen molar-refractivity contribution in [2.24, 2.45) is 5.92 Å². The van der Waals surface area contributed by atoms with Gasteiger partial charge in [0.25, 0.3) is 0 Å². The number of fused-ring (bicyclic) bond motifs is 1. The lowest BCUT2D eigenvalue weighted by molar-refractivity contribution is -0.119. The van der Waals surface area contributed by atoms with E-state index in [4.69, 9.17) is 14.4 Å². The maximum atomic E-state index is 11.4. The second-order valence-electron chi connectivity index (χ2n) is 10.2. The molecule has 1 amide bonds. The van der Waals surface area contributed by atoms with Gasteiger partial charge in [0.05, 0.1) is 11.9 Å². The quantitative estimate of drug-likeness (QED) is 0.660. The first-order valence-corrected chi connectivity index (χ1v) is 12.9. The summed E-state index contributed by atoms with van der Waals surface area (Å²) in [4.78, 5) is 30.3. The maximum Gasteiger partial charge on any atom is 0.300 e. The highest BCUT2D eigenvalue weighted by Gasteiger charge is 2.36. The number of oxazole rings is 1. The van der Waals surface area contributed by atoms with E-state index < -0.39 is 0 Å². The minimum absolute atomic E-state index is 0.399. The number of anilines is 3. The zero-order chi connectivity index (χ0) is 22.2. The Bertz CT molecular complexity index is 1000. The maximum absolute atomic E-state index is 11.4. The predicted octanol–water partition coefficient (Wildman–Crippen LogP) is 4.19. The molecule has 3 fully saturated rings. The van der Waals surface area contributed by atoms with Crippen molar-refractivity contribution in [1.29, 1.82) is 0 Å². The number of rotatable bonds is 6. The van der Waals surface area contributed by atoms with E-state index in [2.05, 4.69) is 15.2 Å². The molecule has 2 atom stereocenters. The molecule has 0 radical (unpaired) electrons. The monoisotopic (exact) mass is 450 g/mol. The van der Waals surface area contributed by atoms with E-state index in [0.717, 1.165) is 87.8 Å². The number of likely N-dealkylation sites (tertiary alicyclic amines) is 1. The number of carbonyl (C=O) groups is 1. The minimum atomic E-state index is 0.399. The summed E-state index contributed by atoms with van der Waals surface area (Å²) in [5.41, 5.74) is 2.37. The van der Waals surface area contributed by atoms with Gasteiger partial charge >= 0.3 is 6.01 Å². The average Bonchev–Trinajstić information content (AvgIpc) is 3.65. The van der Waals surface area contributed by atoms with Crippen molar-refractivity contribution in [3.8, 4) is 0 Å². The van der Waals surface area contributed by atoms with Gasteiger partial charge in [-0.25, -0.2) is 9.97 Å². The Morgan fingerprint density at radius 3 is 2.76 bits per heavy atom. The molecular weight excluding hydrogens is 416 g/mol. The highest BCUT2D eigenvalue weighted by atomic mass is 16.4. The lowest BCUT2D eigenvalue weighted by Gasteiger charge is -2.37. The number of carbonyl (C=O) groups excluding carboxylic acids is 1. The summed E-state index contributed by atoms with van der Waals surface area (Å²) < 4.78 is 6.10. The van der Waals surface area contributed by atoms with Crippen molar-refractivity contribution in [2.45, 2.75) is 82.6 Å². The zero-order valence-electron chi connectivity index (χ0n) is 19.3. The topological polar surface area (TPSA) is 87.4 Å². The molecular formula is C25H34N6O2. The number of nitrogens with zero attached hydrogens (tertiary/aromatic N) is 5. The lowest BCUT2D eigenvalue weighted by atomic mass is 9.89. The first kappa shape index (κ1) is 20.9. The fourth-order valence-electron chi connectivity index (χ4n) is 6.48. The molecule has 8 heteroatoms. The van der Waals surface area contributed by atoms with E-state index in [0.29, 0.717) is 23.9 Å². The number of nitrogens with one attached hydrogen (secondary N) is 1. The van der Waals surface area contributed by atoms with Crippen LogP contribution in [-0.2, 0) is 17.6 Å². The van der Waals surface area contributed by atoms with Gasteiger partial charge in [-0.05, 0) is 63.7 Å². The summed E-state index contributed by atoms with van der Waals surface area (Å²) in [7, 11) is 0. The first-order valence-electron chi connectivity index (χ1n) is 12.9. The Balaban J connectivity index is 1.26. The molecule has 6 rings (SSSR count). The molecule has 1 saturated carbocycles. The average molecular weight is 451 g/mol. The van der Waals surface area contributed by atoms with Crippen molar-refractivity contribution < 1.29 is 9.21 Å². The summed E-state index contributed by atoms with van der Waals surface area (Å²) in [6, 6.07) is 0.943. The van der Waals surface area contributed by atoms with Crippen LogP contribution in [0.3, 0.4) is 0 Å². The molecule has 2 unspecified atom stereocenters. The summed E-state index contributed by atoms with van der Waals surface area (Å²) in [6.45, 7) is 2.71. The molecule has 0 spiro atoms. The van der Waals surface area contributed by atoms with Crippen molar-refractivity contribution in [3.05, 3.63) is 23.2 Å². The van der Waals surface area contributed by atoms with Gasteiger partial charge in [0.15, 0.2) is 0 Å². The molecule has 2 aromatic rings. The highest BCUT2D eigenvalue weighted by Crippen LogP contribution is 2.38. The number of hydrogen-bond donors (Lipinski definition) is 1. The summed E-state index contributed by atoms with van der Waals surface area (Å²) in [5, 5.41) is 3.41. The standard InChI is InChI=1S/C25H34N6O2/c32-16-30-12-4-8-18(15-30)21-11-5-13-31(21)24-27-20-10-3-9-19(20)23(28-24)29-25-26-14-22(33-25)17-6-1-2-7-17/h14,16-18,21H,1-13,15H2,(H,26,27,28,29). The van der Waals surface area contributed by atoms with Crippen LogP contribution in [0.4, 0.5) is 17.8 Å². The van der Waals surface area contributed by atoms with Gasteiger partial charge in [-0.15, -0.1) is 0 Å². The highest BCUT2D eigenvalue weighted by molar-refractivity contribution is 5.58. The molecule has 2 aliphatic carbocycles. The van der Waals surface area contributed by atoms with Gasteiger partial charge in [-0.3, -0.25) is 10.1 Å². The van der Waals surface area contributed by atoms with Crippen LogP contribution in [0.2, 0.25) is 0 Å². The van der Waals surface area contributed by atoms with Crippen LogP contribution >= 0.6 is 0 Å². The molecule has 33 heavy (non-hydrogen) atoms. The number of amides is 1. The van der Waals surface area contributed by atoms with Crippen LogP contribution in [0, 0.1) is 5.92 Å². The van der Waals surface area contributed by atoms with E-state index >= 15 is 0 Å². The zero-order valence-corrected chi connectivity index (χ0v) is 19.3. The van der Waals surface area contributed by atoms with Gasteiger partial charge in [0.1, 0.15) is 11.6 Å². The fraction of sp³-hybridized carbons (Fsp3) is 0.680. The van der Waals surface area contributed by atoms with Gasteiger partial charge in [-0.1, -0.05) is 12.8 Å². The van der Waals surface area contributed by atoms with Crippen molar-refractivity contribution >= 4 is 24.2 Å². The van der Waals surface area contributed by atoms with E-state index in [1.165, 1.54) is 37.7 Å². The molecule has 2 aromatic heterocycles. The smallest absolute Gasteiger partial charge is 0.300 e. The second-order valence-corrected chi connectivity index (χ2v) is 10.2. The molecule has 0 aromatic carbocycles. The largest absolute Gasteiger partial charge is 0.428 e. The third kappa shape index (κ3) is 4.08. The Morgan fingerprint density at radius 1 is 1.00 bits per heavy atom. The summed E-state index contributed by atoms with van der Waals surface area (Å²) in [6.07, 6.45) is 15.5. The number of aryl methyl sites for hydroxylation is 1. The Morgan fingerprint density at radius 2 is 1.88 bits per heavy atom. The molecule has 4 heterocycles. The first-order chi connectivity index (χ1) is 16.3. The Kier molecular flexibility index (Phi) is 5.68. The van der Waals surface area contributed by atoms with Crippen molar-refractivity contribution in [2.75, 3.05) is 29.9 Å². The molecule has 1 N–H and O–H groups in total. The van der Waals surface area contributed by atoms with Crippen molar-refractivity contribution in [3.63, 3.8) is 0 Å². The van der Waals surface area contributed by atoms with Gasteiger partial charge in [0.2, 0.25) is 12.4 Å². The Labute approximate surface area is 195 Å². The summed E-state index contributed by atoms with van der Waals surface area (Å²) in [5.74, 6) is 3.67. The Hall–Kier alpha value is -2.64. The molecule has 0 bridgehead atoms. The normalized spacial score (nSPS) is 25.6. The van der Waals surface area contributed by atoms with E-state index in [1.54, 1.807) is 0 Å². The van der Waals surface area contributed by atoms with Crippen molar-refractivity contribution in [1.82, 2.24) is 19.9 Å². The molecule has 2 saturated heterocycles. The second kappa shape index (κ2) is 8.95. The van der Waals surface area contributed by atoms with Crippen LogP contribution in [0.15, 0.2) is 10.6 Å². The molecule has 176 valence electrons. The number of aromatic nitrogens is 3. The third-order valence-electron chi connectivity index (χ3n) is 8.17. The summed E-state index contributed by atoms with van der Waals surface area (Å²) >= 11 is 0. The van der Waals surface area contributed by atoms with Gasteiger partial charge in [-0.2, -0.15) is 4.98 Å². The number of hydrogen-bond acceptors (Lipinski definition) is 7. The van der Waals surface area contributed by atoms with Crippen LogP contribution in [-0.4, -0.2) is 51.9 Å².